The third-order valence-corrected chi connectivity index (χ3v) is 2.37. The maximum atomic E-state index is 11.3. The maximum Gasteiger partial charge on any atom is 0.407 e. The van der Waals surface area contributed by atoms with Crippen LogP contribution in [0.4, 0.5) is 4.79 Å². The first kappa shape index (κ1) is 16.5. The van der Waals surface area contributed by atoms with Gasteiger partial charge >= 0.3 is 6.09 Å². The van der Waals surface area contributed by atoms with Crippen LogP contribution in [0.15, 0.2) is 30.3 Å². The summed E-state index contributed by atoms with van der Waals surface area (Å²) in [7, 11) is 0. The molecule has 0 bridgehead atoms. The van der Waals surface area contributed by atoms with Crippen LogP contribution in [0.1, 0.15) is 32.4 Å². The van der Waals surface area contributed by atoms with Crippen LogP contribution in [0.2, 0.25) is 0 Å². The van der Waals surface area contributed by atoms with E-state index in [0.29, 0.717) is 13.2 Å². The van der Waals surface area contributed by atoms with E-state index in [4.69, 9.17) is 9.47 Å². The monoisotopic (exact) mass is 281 g/mol. The molecule has 0 radical (unpaired) electrons. The Morgan fingerprint density at radius 3 is 2.55 bits per heavy atom. The summed E-state index contributed by atoms with van der Waals surface area (Å²) >= 11 is 0. The molecular formula is C15H23NO4. The largest absolute Gasteiger partial charge is 0.444 e. The number of ether oxygens (including phenoxy) is 2. The van der Waals surface area contributed by atoms with Gasteiger partial charge in [-0.2, -0.15) is 0 Å². The van der Waals surface area contributed by atoms with Gasteiger partial charge in [-0.05, 0) is 26.3 Å². The van der Waals surface area contributed by atoms with Gasteiger partial charge in [0.05, 0.1) is 13.2 Å². The predicted octanol–water partition coefficient (Wildman–Crippen LogP) is 2.26. The lowest BCUT2D eigenvalue weighted by Gasteiger charge is -2.19. The first-order valence-corrected chi connectivity index (χ1v) is 6.66. The number of nitrogens with one attached hydrogen (secondary N) is 1. The molecule has 20 heavy (non-hydrogen) atoms. The van der Waals surface area contributed by atoms with Crippen LogP contribution in [-0.4, -0.2) is 36.6 Å². The van der Waals surface area contributed by atoms with Gasteiger partial charge in [-0.3, -0.25) is 0 Å². The zero-order valence-corrected chi connectivity index (χ0v) is 12.3. The zero-order valence-electron chi connectivity index (χ0n) is 12.3. The van der Waals surface area contributed by atoms with Crippen molar-refractivity contribution in [3.05, 3.63) is 35.9 Å². The lowest BCUT2D eigenvalue weighted by atomic mass is 10.1. The van der Waals surface area contributed by atoms with E-state index in [2.05, 4.69) is 5.32 Å². The van der Waals surface area contributed by atoms with Gasteiger partial charge in [0.25, 0.3) is 0 Å². The van der Waals surface area contributed by atoms with E-state index in [1.807, 2.05) is 30.3 Å². The van der Waals surface area contributed by atoms with Gasteiger partial charge in [-0.1, -0.05) is 30.3 Å². The average molecular weight is 281 g/mol. The van der Waals surface area contributed by atoms with Crippen LogP contribution in [0.25, 0.3) is 0 Å². The van der Waals surface area contributed by atoms with Crippen LogP contribution in [0, 0.1) is 0 Å². The average Bonchev–Trinajstić information content (AvgIpc) is 2.37. The van der Waals surface area contributed by atoms with Crippen molar-refractivity contribution in [1.29, 1.82) is 0 Å². The van der Waals surface area contributed by atoms with Crippen LogP contribution in [0.5, 0.6) is 0 Å². The molecule has 0 aliphatic carbocycles. The number of carbonyl (C=O) groups excluding carboxylic acids is 1. The Balaban J connectivity index is 2.12. The fourth-order valence-electron chi connectivity index (χ4n) is 1.51. The van der Waals surface area contributed by atoms with E-state index in [1.165, 1.54) is 0 Å². The minimum Gasteiger partial charge on any atom is -0.444 e. The summed E-state index contributed by atoms with van der Waals surface area (Å²) in [5, 5.41) is 12.4. The van der Waals surface area contributed by atoms with Crippen molar-refractivity contribution in [2.45, 2.75) is 32.5 Å². The van der Waals surface area contributed by atoms with Gasteiger partial charge in [-0.25, -0.2) is 4.79 Å². The highest BCUT2D eigenvalue weighted by molar-refractivity contribution is 5.67. The first-order valence-electron chi connectivity index (χ1n) is 6.66. The number of carbonyl (C=O) groups is 1. The number of benzene rings is 1. The molecular weight excluding hydrogens is 258 g/mol. The van der Waals surface area contributed by atoms with Gasteiger partial charge in [0.1, 0.15) is 11.7 Å². The van der Waals surface area contributed by atoms with Crippen molar-refractivity contribution in [3.63, 3.8) is 0 Å². The highest BCUT2D eigenvalue weighted by Crippen LogP contribution is 2.11. The summed E-state index contributed by atoms with van der Waals surface area (Å²) in [6.07, 6.45) is -1.12. The molecule has 0 aliphatic rings. The lowest BCUT2D eigenvalue weighted by Crippen LogP contribution is -2.34. The van der Waals surface area contributed by atoms with Crippen LogP contribution < -0.4 is 5.32 Å². The Labute approximate surface area is 119 Å². The van der Waals surface area contributed by atoms with Crippen molar-refractivity contribution >= 4 is 6.09 Å². The summed E-state index contributed by atoms with van der Waals surface area (Å²) in [5.41, 5.74) is 0.307. The maximum absolute atomic E-state index is 11.3. The SMILES string of the molecule is CC(C)(C)OC(=O)NCCOCC(O)c1ccccc1. The molecule has 5 heteroatoms. The number of amides is 1. The van der Waals surface area contributed by atoms with E-state index in [-0.39, 0.29) is 6.61 Å². The Morgan fingerprint density at radius 2 is 1.95 bits per heavy atom. The minimum atomic E-state index is -0.655. The summed E-state index contributed by atoms with van der Waals surface area (Å²) in [6.45, 7) is 6.28. The van der Waals surface area contributed by atoms with Gasteiger partial charge in [0.15, 0.2) is 0 Å². The van der Waals surface area contributed by atoms with E-state index < -0.39 is 17.8 Å². The number of hydrogen-bond donors (Lipinski definition) is 2. The highest BCUT2D eigenvalue weighted by Gasteiger charge is 2.15. The van der Waals surface area contributed by atoms with Crippen molar-refractivity contribution in [2.75, 3.05) is 19.8 Å². The standard InChI is InChI=1S/C15H23NO4/c1-15(2,3)20-14(18)16-9-10-19-11-13(17)12-7-5-4-6-8-12/h4-8,13,17H,9-11H2,1-3H3,(H,16,18). The predicted molar refractivity (Wildman–Crippen MR) is 76.5 cm³/mol. The summed E-state index contributed by atoms with van der Waals surface area (Å²) in [4.78, 5) is 11.3. The lowest BCUT2D eigenvalue weighted by molar-refractivity contribution is 0.0317. The Hall–Kier alpha value is -1.59. The topological polar surface area (TPSA) is 67.8 Å². The Kier molecular flexibility index (Phi) is 6.48. The van der Waals surface area contributed by atoms with Crippen molar-refractivity contribution in [1.82, 2.24) is 5.32 Å². The molecule has 1 aromatic carbocycles. The van der Waals surface area contributed by atoms with E-state index in [0.717, 1.165) is 5.56 Å². The van der Waals surface area contributed by atoms with Crippen LogP contribution in [0.3, 0.4) is 0 Å². The fraction of sp³-hybridized carbons (Fsp3) is 0.533. The quantitative estimate of drug-likeness (QED) is 0.785. The molecule has 112 valence electrons. The third kappa shape index (κ3) is 7.11. The molecule has 5 nitrogen and oxygen atoms in total. The smallest absolute Gasteiger partial charge is 0.407 e. The van der Waals surface area contributed by atoms with Crippen molar-refractivity contribution in [3.8, 4) is 0 Å². The van der Waals surface area contributed by atoms with Gasteiger partial charge in [-0.15, -0.1) is 0 Å². The van der Waals surface area contributed by atoms with Crippen molar-refractivity contribution in [2.24, 2.45) is 0 Å². The molecule has 0 spiro atoms. The molecule has 0 aromatic heterocycles. The van der Waals surface area contributed by atoms with Crippen LogP contribution >= 0.6 is 0 Å². The molecule has 0 heterocycles. The van der Waals surface area contributed by atoms with E-state index in [9.17, 15) is 9.90 Å². The molecule has 2 N–H and O–H groups in total. The molecule has 1 amide bonds. The molecule has 1 unspecified atom stereocenters. The molecule has 0 saturated carbocycles. The second kappa shape index (κ2) is 7.87. The minimum absolute atomic E-state index is 0.194. The van der Waals surface area contributed by atoms with E-state index >= 15 is 0 Å². The number of aliphatic hydroxyl groups is 1. The van der Waals surface area contributed by atoms with Crippen LogP contribution in [-0.2, 0) is 9.47 Å². The highest BCUT2D eigenvalue weighted by atomic mass is 16.6. The summed E-state index contributed by atoms with van der Waals surface area (Å²) in [6, 6.07) is 9.30. The second-order valence-electron chi connectivity index (χ2n) is 5.43. The van der Waals surface area contributed by atoms with Gasteiger partial charge in [0, 0.05) is 6.54 Å². The number of rotatable bonds is 6. The van der Waals surface area contributed by atoms with Crippen molar-refractivity contribution < 1.29 is 19.4 Å². The van der Waals surface area contributed by atoms with E-state index in [1.54, 1.807) is 20.8 Å². The second-order valence-corrected chi connectivity index (χ2v) is 5.43. The normalized spacial score (nSPS) is 12.8. The van der Waals surface area contributed by atoms with Gasteiger partial charge < -0.3 is 19.9 Å². The van der Waals surface area contributed by atoms with Gasteiger partial charge in [0.2, 0.25) is 0 Å². The summed E-state index contributed by atoms with van der Waals surface area (Å²) in [5.74, 6) is 0. The molecule has 0 fully saturated rings. The molecule has 1 atom stereocenters. The third-order valence-electron chi connectivity index (χ3n) is 2.37. The molecule has 1 aromatic rings. The Morgan fingerprint density at radius 1 is 1.30 bits per heavy atom. The molecule has 0 saturated heterocycles. The Bertz CT molecular complexity index is 400. The number of alkyl carbamates (subject to hydrolysis) is 1. The fourth-order valence-corrected chi connectivity index (χ4v) is 1.51. The zero-order chi connectivity index (χ0) is 15.0. The summed E-state index contributed by atoms with van der Waals surface area (Å²) < 4.78 is 10.4. The number of aliphatic hydroxyl groups excluding tert-OH is 1. The number of hydrogen-bond acceptors (Lipinski definition) is 4. The molecule has 0 aliphatic heterocycles. The molecule has 1 rings (SSSR count). The first-order chi connectivity index (χ1) is 9.38.